The summed E-state index contributed by atoms with van der Waals surface area (Å²) in [5.74, 6) is 0.0834. The van der Waals surface area contributed by atoms with Gasteiger partial charge >= 0.3 is 0 Å². The maximum atomic E-state index is 12.2. The number of amides is 2. The van der Waals surface area contributed by atoms with Gasteiger partial charge in [-0.15, -0.1) is 0 Å². The van der Waals surface area contributed by atoms with Crippen LogP contribution in [0.15, 0.2) is 29.0 Å². The second-order valence-electron chi connectivity index (χ2n) is 6.52. The highest BCUT2D eigenvalue weighted by Gasteiger charge is 2.13. The van der Waals surface area contributed by atoms with Crippen LogP contribution < -0.4 is 10.6 Å². The molecule has 0 saturated heterocycles. The van der Waals surface area contributed by atoms with Crippen molar-refractivity contribution in [3.8, 4) is 0 Å². The first kappa shape index (κ1) is 19.9. The van der Waals surface area contributed by atoms with Gasteiger partial charge in [-0.1, -0.05) is 15.9 Å². The van der Waals surface area contributed by atoms with Crippen molar-refractivity contribution in [3.05, 3.63) is 51.5 Å². The molecule has 28 heavy (non-hydrogen) atoms. The molecule has 2 N–H and O–H groups in total. The fourth-order valence-electron chi connectivity index (χ4n) is 2.98. The summed E-state index contributed by atoms with van der Waals surface area (Å²) in [4.78, 5) is 32.7. The number of anilines is 1. The molecule has 3 rings (SSSR count). The van der Waals surface area contributed by atoms with Crippen LogP contribution in [0.4, 0.5) is 5.69 Å². The van der Waals surface area contributed by atoms with Crippen LogP contribution in [0, 0.1) is 20.8 Å². The van der Waals surface area contributed by atoms with Gasteiger partial charge in [-0.2, -0.15) is 10.1 Å². The summed E-state index contributed by atoms with van der Waals surface area (Å²) in [7, 11) is 0. The fraction of sp³-hybridized carbons (Fsp3) is 0.316. The van der Waals surface area contributed by atoms with Gasteiger partial charge in [0.2, 0.25) is 11.8 Å². The van der Waals surface area contributed by atoms with Crippen molar-refractivity contribution in [3.63, 3.8) is 0 Å². The molecule has 0 spiro atoms. The Bertz CT molecular complexity index is 1050. The topological polar surface area (TPSA) is 101 Å². The summed E-state index contributed by atoms with van der Waals surface area (Å²) in [5, 5.41) is 9.60. The highest BCUT2D eigenvalue weighted by atomic mass is 79.9. The lowest BCUT2D eigenvalue weighted by Crippen LogP contribution is -2.33. The van der Waals surface area contributed by atoms with Crippen molar-refractivity contribution in [2.75, 3.05) is 11.9 Å². The van der Waals surface area contributed by atoms with Crippen LogP contribution in [-0.4, -0.2) is 37.9 Å². The lowest BCUT2D eigenvalue weighted by molar-refractivity contribution is -0.124. The maximum absolute atomic E-state index is 12.2. The predicted molar refractivity (Wildman–Crippen MR) is 109 cm³/mol. The van der Waals surface area contributed by atoms with E-state index in [1.54, 1.807) is 4.52 Å². The second kappa shape index (κ2) is 8.47. The fourth-order valence-corrected chi connectivity index (χ4v) is 3.46. The molecule has 146 valence electrons. The number of carbonyl (C=O) groups excluding carboxylic acids is 2. The highest BCUT2D eigenvalue weighted by Crippen LogP contribution is 2.20. The van der Waals surface area contributed by atoms with E-state index >= 15 is 0 Å². The lowest BCUT2D eigenvalue weighted by Gasteiger charge is -2.11. The molecule has 3 aromatic rings. The number of aryl methyl sites for hydroxylation is 3. The Balaban J connectivity index is 1.53. The van der Waals surface area contributed by atoms with E-state index in [0.29, 0.717) is 12.2 Å². The number of rotatable bonds is 6. The van der Waals surface area contributed by atoms with E-state index < -0.39 is 0 Å². The number of carbonyl (C=O) groups is 2. The molecule has 0 atom stereocenters. The van der Waals surface area contributed by atoms with Crippen LogP contribution in [0.2, 0.25) is 0 Å². The standard InChI is InChI=1S/C19H21BrN6O2/c1-11-8-14(20)4-6-16(11)25-18(28)9-21-17(27)7-5-15-12(2)24-19-22-10-23-26(19)13(15)3/h4,6,8,10H,5,7,9H2,1-3H3,(H,21,27)(H,25,28). The number of hydrogen-bond acceptors (Lipinski definition) is 5. The molecule has 0 aliphatic rings. The third kappa shape index (κ3) is 4.53. The minimum atomic E-state index is -0.267. The highest BCUT2D eigenvalue weighted by molar-refractivity contribution is 9.10. The summed E-state index contributed by atoms with van der Waals surface area (Å²) in [6.07, 6.45) is 2.23. The van der Waals surface area contributed by atoms with Gasteiger partial charge in [-0.05, 0) is 56.5 Å². The number of nitrogens with zero attached hydrogens (tertiary/aromatic N) is 4. The van der Waals surface area contributed by atoms with Gasteiger partial charge in [-0.3, -0.25) is 9.59 Å². The molecule has 8 nitrogen and oxygen atoms in total. The Kier molecular flexibility index (Phi) is 6.03. The van der Waals surface area contributed by atoms with Crippen molar-refractivity contribution in [2.24, 2.45) is 0 Å². The Hall–Kier alpha value is -2.81. The maximum Gasteiger partial charge on any atom is 0.252 e. The van der Waals surface area contributed by atoms with Gasteiger partial charge in [0.1, 0.15) is 6.33 Å². The molecule has 0 saturated carbocycles. The largest absolute Gasteiger partial charge is 0.347 e. The molecule has 1 aromatic carbocycles. The number of hydrogen-bond donors (Lipinski definition) is 2. The van der Waals surface area contributed by atoms with E-state index in [1.165, 1.54) is 6.33 Å². The molecule has 0 bridgehead atoms. The third-order valence-corrected chi connectivity index (χ3v) is 4.99. The smallest absolute Gasteiger partial charge is 0.252 e. The van der Waals surface area contributed by atoms with E-state index in [2.05, 4.69) is 41.6 Å². The molecular weight excluding hydrogens is 424 g/mol. The molecule has 9 heteroatoms. The summed E-state index contributed by atoms with van der Waals surface area (Å²) < 4.78 is 2.61. The Morgan fingerprint density at radius 2 is 1.96 bits per heavy atom. The predicted octanol–water partition coefficient (Wildman–Crippen LogP) is 2.50. The first-order chi connectivity index (χ1) is 13.3. The summed E-state index contributed by atoms with van der Waals surface area (Å²) in [6.45, 7) is 5.65. The van der Waals surface area contributed by atoms with Crippen LogP contribution >= 0.6 is 15.9 Å². The third-order valence-electron chi connectivity index (χ3n) is 4.50. The molecule has 0 radical (unpaired) electrons. The molecular formula is C19H21BrN6O2. The monoisotopic (exact) mass is 444 g/mol. The Morgan fingerprint density at radius 3 is 2.71 bits per heavy atom. The van der Waals surface area contributed by atoms with E-state index in [4.69, 9.17) is 0 Å². The van der Waals surface area contributed by atoms with Crippen LogP contribution in [0.1, 0.15) is 28.9 Å². The van der Waals surface area contributed by atoms with Gasteiger partial charge in [-0.25, -0.2) is 9.50 Å². The van der Waals surface area contributed by atoms with E-state index in [-0.39, 0.29) is 24.8 Å². The van der Waals surface area contributed by atoms with E-state index in [0.717, 1.165) is 32.7 Å². The molecule has 0 unspecified atom stereocenters. The average Bonchev–Trinajstić information content (AvgIpc) is 3.10. The molecule has 2 aromatic heterocycles. The van der Waals surface area contributed by atoms with Crippen LogP contribution in [0.5, 0.6) is 0 Å². The first-order valence-corrected chi connectivity index (χ1v) is 9.63. The zero-order chi connectivity index (χ0) is 20.3. The van der Waals surface area contributed by atoms with Crippen LogP contribution in [-0.2, 0) is 16.0 Å². The number of fused-ring (bicyclic) bond motifs is 1. The number of aromatic nitrogens is 4. The SMILES string of the molecule is Cc1cc(Br)ccc1NC(=O)CNC(=O)CCc1c(C)nc2ncnn2c1C. The van der Waals surface area contributed by atoms with Crippen molar-refractivity contribution < 1.29 is 9.59 Å². The molecule has 0 fully saturated rings. The second-order valence-corrected chi connectivity index (χ2v) is 7.43. The molecule has 2 amide bonds. The van der Waals surface area contributed by atoms with Crippen molar-refractivity contribution in [2.45, 2.75) is 33.6 Å². The Morgan fingerprint density at radius 1 is 1.18 bits per heavy atom. The van der Waals surface area contributed by atoms with Crippen molar-refractivity contribution >= 4 is 39.2 Å². The summed E-state index contributed by atoms with van der Waals surface area (Å²) in [6, 6.07) is 5.59. The summed E-state index contributed by atoms with van der Waals surface area (Å²) >= 11 is 3.39. The number of nitrogens with one attached hydrogen (secondary N) is 2. The number of benzene rings is 1. The minimum Gasteiger partial charge on any atom is -0.347 e. The molecule has 2 heterocycles. The molecule has 0 aliphatic heterocycles. The van der Waals surface area contributed by atoms with Crippen LogP contribution in [0.3, 0.4) is 0 Å². The zero-order valence-corrected chi connectivity index (χ0v) is 17.5. The molecule has 0 aliphatic carbocycles. The number of halogens is 1. The van der Waals surface area contributed by atoms with E-state index in [9.17, 15) is 9.59 Å². The van der Waals surface area contributed by atoms with Crippen LogP contribution in [0.25, 0.3) is 5.78 Å². The lowest BCUT2D eigenvalue weighted by atomic mass is 10.1. The van der Waals surface area contributed by atoms with Gasteiger partial charge in [0.05, 0.1) is 6.54 Å². The van der Waals surface area contributed by atoms with Crippen molar-refractivity contribution in [1.29, 1.82) is 0 Å². The summed E-state index contributed by atoms with van der Waals surface area (Å²) in [5.41, 5.74) is 4.37. The van der Waals surface area contributed by atoms with Gasteiger partial charge in [0, 0.05) is 28.0 Å². The minimum absolute atomic E-state index is 0.0767. The average molecular weight is 445 g/mol. The normalized spacial score (nSPS) is 10.9. The van der Waals surface area contributed by atoms with Crippen molar-refractivity contribution in [1.82, 2.24) is 24.9 Å². The van der Waals surface area contributed by atoms with E-state index in [1.807, 2.05) is 39.0 Å². The zero-order valence-electron chi connectivity index (χ0n) is 15.9. The Labute approximate surface area is 170 Å². The first-order valence-electron chi connectivity index (χ1n) is 8.83. The van der Waals surface area contributed by atoms with Gasteiger partial charge in [0.25, 0.3) is 5.78 Å². The quantitative estimate of drug-likeness (QED) is 0.607. The van der Waals surface area contributed by atoms with Gasteiger partial charge < -0.3 is 10.6 Å². The van der Waals surface area contributed by atoms with Gasteiger partial charge in [0.15, 0.2) is 0 Å².